The van der Waals surface area contributed by atoms with Crippen LogP contribution in [0.15, 0.2) is 87.5 Å². The second kappa shape index (κ2) is 14.0. The van der Waals surface area contributed by atoms with Crippen molar-refractivity contribution >= 4 is 91.0 Å². The molecule has 0 bridgehead atoms. The summed E-state index contributed by atoms with van der Waals surface area (Å²) in [5.74, 6) is 0. The molecule has 0 aliphatic carbocycles. The van der Waals surface area contributed by atoms with Gasteiger partial charge in [0, 0.05) is 0 Å². The van der Waals surface area contributed by atoms with Crippen molar-refractivity contribution in [3.8, 4) is 0 Å². The van der Waals surface area contributed by atoms with E-state index in [9.17, 15) is 38.9 Å². The zero-order chi connectivity index (χ0) is 25.4. The van der Waals surface area contributed by atoms with Crippen molar-refractivity contribution in [2.45, 2.75) is 14.7 Å². The SMILES string of the molecule is O=S(=O)([O-])c1ccccc1Cl.O=S(=O)([O-])c1ccccc1Cl.O=S(=O)([O-])c1ccccc1Cl.[In+3]. The minimum absolute atomic E-state index is 0. The van der Waals surface area contributed by atoms with Gasteiger partial charge < -0.3 is 13.7 Å². The van der Waals surface area contributed by atoms with Crippen LogP contribution in [0.25, 0.3) is 0 Å². The van der Waals surface area contributed by atoms with Crippen LogP contribution in [0.5, 0.6) is 0 Å². The Bertz CT molecular complexity index is 1250. The van der Waals surface area contributed by atoms with Gasteiger partial charge in [-0.25, -0.2) is 25.3 Å². The van der Waals surface area contributed by atoms with Gasteiger partial charge >= 0.3 is 25.8 Å². The van der Waals surface area contributed by atoms with Crippen LogP contribution < -0.4 is 0 Å². The minimum atomic E-state index is -4.42. The number of hydrogen-bond acceptors (Lipinski definition) is 9. The molecule has 34 heavy (non-hydrogen) atoms. The molecule has 0 atom stereocenters. The predicted octanol–water partition coefficient (Wildman–Crippen LogP) is 3.35. The first-order chi connectivity index (χ1) is 15.0. The standard InChI is InChI=1S/3C6H5ClO3S.In/c3*7-5-3-1-2-4-6(5)11(8,9)10;/h3*1-4H,(H,8,9,10);/q;;;+3/p-3. The first-order valence-electron chi connectivity index (χ1n) is 8.16. The largest absolute Gasteiger partial charge is 3.00 e. The number of benzene rings is 3. The zero-order valence-electron chi connectivity index (χ0n) is 16.5. The fourth-order valence-electron chi connectivity index (χ4n) is 1.94. The molecule has 3 aromatic carbocycles. The maximum atomic E-state index is 10.4. The first kappa shape index (κ1) is 33.1. The smallest absolute Gasteiger partial charge is 0.744 e. The van der Waals surface area contributed by atoms with Crippen LogP contribution >= 0.6 is 34.8 Å². The average molecular weight is 690 g/mol. The van der Waals surface area contributed by atoms with E-state index in [0.717, 1.165) is 0 Å². The molecule has 3 aromatic rings. The molecule has 0 aliphatic rings. The van der Waals surface area contributed by atoms with Gasteiger partial charge in [0.1, 0.15) is 30.4 Å². The Morgan fingerprint density at radius 3 is 0.735 bits per heavy atom. The second-order valence-corrected chi connectivity index (χ2v) is 10.9. The molecule has 0 amide bonds. The van der Waals surface area contributed by atoms with Crippen molar-refractivity contribution in [1.82, 2.24) is 0 Å². The molecule has 0 aromatic heterocycles. The van der Waals surface area contributed by atoms with Gasteiger partial charge in [0.15, 0.2) is 0 Å². The van der Waals surface area contributed by atoms with Crippen molar-refractivity contribution in [3.63, 3.8) is 0 Å². The summed E-state index contributed by atoms with van der Waals surface area (Å²) in [5.41, 5.74) is 0. The second-order valence-electron chi connectivity index (χ2n) is 5.65. The van der Waals surface area contributed by atoms with Crippen LogP contribution in [-0.2, 0) is 30.4 Å². The van der Waals surface area contributed by atoms with Gasteiger partial charge in [-0.3, -0.25) is 0 Å². The average Bonchev–Trinajstić information content (AvgIpc) is 2.67. The molecular weight excluding hydrogens is 678 g/mol. The maximum absolute atomic E-state index is 10.4. The molecule has 9 nitrogen and oxygen atoms in total. The predicted molar refractivity (Wildman–Crippen MR) is 124 cm³/mol. The summed E-state index contributed by atoms with van der Waals surface area (Å²) in [7, 11) is -13.2. The van der Waals surface area contributed by atoms with Crippen molar-refractivity contribution in [1.29, 1.82) is 0 Å². The molecule has 3 rings (SSSR count). The summed E-state index contributed by atoms with van der Waals surface area (Å²) in [6, 6.07) is 16.6. The summed E-state index contributed by atoms with van der Waals surface area (Å²) < 4.78 is 93.7. The van der Waals surface area contributed by atoms with Gasteiger partial charge in [-0.15, -0.1) is 0 Å². The van der Waals surface area contributed by atoms with E-state index < -0.39 is 30.4 Å². The van der Waals surface area contributed by atoms with Crippen molar-refractivity contribution in [2.24, 2.45) is 0 Å². The van der Waals surface area contributed by atoms with Gasteiger partial charge in [0.05, 0.1) is 29.8 Å². The Balaban J connectivity index is 0.000000473. The van der Waals surface area contributed by atoms with Crippen LogP contribution in [0.2, 0.25) is 15.1 Å². The third-order valence-electron chi connectivity index (χ3n) is 3.32. The molecule has 0 N–H and O–H groups in total. The van der Waals surface area contributed by atoms with Crippen LogP contribution in [0.4, 0.5) is 0 Å². The topological polar surface area (TPSA) is 172 Å². The Hall–Kier alpha value is -0.870. The molecule has 0 spiro atoms. The van der Waals surface area contributed by atoms with Gasteiger partial charge in [0.2, 0.25) is 0 Å². The van der Waals surface area contributed by atoms with E-state index >= 15 is 0 Å². The van der Waals surface area contributed by atoms with E-state index in [1.807, 2.05) is 0 Å². The number of rotatable bonds is 3. The number of halogens is 3. The zero-order valence-corrected chi connectivity index (χ0v) is 24.6. The van der Waals surface area contributed by atoms with E-state index in [0.29, 0.717) is 0 Å². The Labute approximate surface area is 230 Å². The molecular formula is C18H12Cl3InO9S3. The van der Waals surface area contributed by atoms with Gasteiger partial charge in [0.25, 0.3) is 0 Å². The molecule has 16 heteroatoms. The summed E-state index contributed by atoms with van der Waals surface area (Å²) in [6.07, 6.45) is 0. The molecule has 0 heterocycles. The normalized spacial score (nSPS) is 11.1. The van der Waals surface area contributed by atoms with Gasteiger partial charge in [-0.2, -0.15) is 0 Å². The molecule has 0 fully saturated rings. The van der Waals surface area contributed by atoms with Gasteiger partial charge in [-0.1, -0.05) is 71.2 Å². The fraction of sp³-hybridized carbons (Fsp3) is 0. The molecule has 0 radical (unpaired) electrons. The summed E-state index contributed by atoms with van der Waals surface area (Å²) in [4.78, 5) is -1.12. The first-order valence-corrected chi connectivity index (χ1v) is 13.5. The quantitative estimate of drug-likeness (QED) is 0.374. The van der Waals surface area contributed by atoms with Crippen molar-refractivity contribution < 1.29 is 38.9 Å². The summed E-state index contributed by atoms with van der Waals surface area (Å²) in [6.45, 7) is 0. The van der Waals surface area contributed by atoms with E-state index in [4.69, 9.17) is 34.8 Å². The maximum Gasteiger partial charge on any atom is 3.00 e. The Morgan fingerprint density at radius 1 is 0.441 bits per heavy atom. The van der Waals surface area contributed by atoms with E-state index in [-0.39, 0.29) is 55.6 Å². The molecule has 180 valence electrons. The van der Waals surface area contributed by atoms with Crippen LogP contribution in [0.1, 0.15) is 0 Å². The van der Waals surface area contributed by atoms with Crippen molar-refractivity contribution in [3.05, 3.63) is 87.9 Å². The van der Waals surface area contributed by atoms with E-state index in [1.165, 1.54) is 54.6 Å². The molecule has 0 saturated heterocycles. The third-order valence-corrected chi connectivity index (χ3v) is 7.33. The van der Waals surface area contributed by atoms with Crippen molar-refractivity contribution in [2.75, 3.05) is 0 Å². The minimum Gasteiger partial charge on any atom is -0.744 e. The van der Waals surface area contributed by atoms with Crippen LogP contribution in [-0.4, -0.2) is 64.8 Å². The van der Waals surface area contributed by atoms with E-state index in [2.05, 4.69) is 0 Å². The summed E-state index contributed by atoms with van der Waals surface area (Å²) in [5, 5.41) is -0.118. The Kier molecular flexibility index (Phi) is 13.7. The fourth-order valence-corrected chi connectivity index (χ4v) is 4.86. The monoisotopic (exact) mass is 688 g/mol. The number of hydrogen-bond donors (Lipinski definition) is 0. The van der Waals surface area contributed by atoms with E-state index in [1.54, 1.807) is 18.2 Å². The van der Waals surface area contributed by atoms with Crippen LogP contribution in [0, 0.1) is 0 Å². The van der Waals surface area contributed by atoms with Gasteiger partial charge in [-0.05, 0) is 36.4 Å². The molecule has 0 aliphatic heterocycles. The summed E-state index contributed by atoms with van der Waals surface area (Å²) >= 11 is 16.3. The molecule has 0 unspecified atom stereocenters. The van der Waals surface area contributed by atoms with Crippen LogP contribution in [0.3, 0.4) is 0 Å². The molecule has 0 saturated carbocycles. The Morgan fingerprint density at radius 2 is 0.618 bits per heavy atom. The third kappa shape index (κ3) is 11.2.